The second kappa shape index (κ2) is 9.19. The molecule has 1 aromatic heterocycles. The standard InChI is InChI=1S/C21H22Cl2N6O/c1-27(2)16-9-5-14(6-10-16)13-24-26-20(30)18-19(23)29(21(25-18)28(3)4)17-11-7-15(22)8-12-17/h5-13H,1-4H3,(H,26,30)/b24-13-. The number of imidazole rings is 1. The van der Waals surface area contributed by atoms with Crippen LogP contribution in [0.3, 0.4) is 0 Å². The van der Waals surface area contributed by atoms with Crippen LogP contribution in [0, 0.1) is 0 Å². The van der Waals surface area contributed by atoms with E-state index >= 15 is 0 Å². The highest BCUT2D eigenvalue weighted by Gasteiger charge is 2.23. The van der Waals surface area contributed by atoms with Gasteiger partial charge in [0.05, 0.1) is 11.9 Å². The first kappa shape index (κ1) is 21.7. The maximum Gasteiger partial charge on any atom is 0.293 e. The van der Waals surface area contributed by atoms with Gasteiger partial charge in [0.25, 0.3) is 5.91 Å². The largest absolute Gasteiger partial charge is 0.378 e. The summed E-state index contributed by atoms with van der Waals surface area (Å²) >= 11 is 12.5. The molecule has 3 rings (SSSR count). The van der Waals surface area contributed by atoms with E-state index < -0.39 is 5.91 Å². The zero-order valence-electron chi connectivity index (χ0n) is 17.1. The number of halogens is 2. The SMILES string of the molecule is CN(C)c1ccc(/C=N\NC(=O)c2nc(N(C)C)n(-c3ccc(Cl)cc3)c2Cl)cc1. The summed E-state index contributed by atoms with van der Waals surface area (Å²) in [6.07, 6.45) is 1.56. The Labute approximate surface area is 185 Å². The molecule has 1 amide bonds. The monoisotopic (exact) mass is 444 g/mol. The molecule has 0 saturated carbocycles. The summed E-state index contributed by atoms with van der Waals surface area (Å²) in [5.41, 5.74) is 5.24. The second-order valence-electron chi connectivity index (χ2n) is 6.94. The predicted molar refractivity (Wildman–Crippen MR) is 124 cm³/mol. The highest BCUT2D eigenvalue weighted by molar-refractivity contribution is 6.33. The number of hydrazone groups is 1. The molecule has 0 fully saturated rings. The van der Waals surface area contributed by atoms with Crippen LogP contribution in [0.4, 0.5) is 11.6 Å². The lowest BCUT2D eigenvalue weighted by Crippen LogP contribution is -2.19. The molecule has 7 nitrogen and oxygen atoms in total. The third-order valence-corrected chi connectivity index (χ3v) is 4.89. The van der Waals surface area contributed by atoms with Crippen LogP contribution in [0.5, 0.6) is 0 Å². The van der Waals surface area contributed by atoms with Crippen molar-refractivity contribution in [3.05, 3.63) is 70.0 Å². The van der Waals surface area contributed by atoms with Crippen LogP contribution >= 0.6 is 23.2 Å². The molecule has 30 heavy (non-hydrogen) atoms. The van der Waals surface area contributed by atoms with Crippen molar-refractivity contribution in [3.63, 3.8) is 0 Å². The van der Waals surface area contributed by atoms with Crippen molar-refractivity contribution in [1.29, 1.82) is 0 Å². The number of benzene rings is 2. The van der Waals surface area contributed by atoms with E-state index in [1.165, 1.54) is 0 Å². The summed E-state index contributed by atoms with van der Waals surface area (Å²) in [5, 5.41) is 4.81. The van der Waals surface area contributed by atoms with Gasteiger partial charge in [0.15, 0.2) is 5.69 Å². The third kappa shape index (κ3) is 4.75. The minimum Gasteiger partial charge on any atom is -0.378 e. The molecule has 1 N–H and O–H groups in total. The van der Waals surface area contributed by atoms with E-state index in [2.05, 4.69) is 15.5 Å². The Morgan fingerprint density at radius 3 is 2.20 bits per heavy atom. The van der Waals surface area contributed by atoms with E-state index in [9.17, 15) is 4.79 Å². The highest BCUT2D eigenvalue weighted by Crippen LogP contribution is 2.28. The second-order valence-corrected chi connectivity index (χ2v) is 7.74. The minimum absolute atomic E-state index is 0.0791. The van der Waals surface area contributed by atoms with Gasteiger partial charge in [-0.3, -0.25) is 9.36 Å². The number of nitrogens with one attached hydrogen (secondary N) is 1. The first-order valence-corrected chi connectivity index (χ1v) is 9.86. The molecule has 0 saturated heterocycles. The van der Waals surface area contributed by atoms with E-state index in [1.54, 1.807) is 39.9 Å². The summed E-state index contributed by atoms with van der Waals surface area (Å²) in [5.74, 6) is 0.00713. The molecule has 3 aromatic rings. The average molecular weight is 445 g/mol. The number of carbonyl (C=O) groups excluding carboxylic acids is 1. The van der Waals surface area contributed by atoms with Crippen molar-refractivity contribution in [1.82, 2.24) is 15.0 Å². The lowest BCUT2D eigenvalue weighted by molar-refractivity contribution is 0.0951. The summed E-state index contributed by atoms with van der Waals surface area (Å²) in [6, 6.07) is 14.9. The van der Waals surface area contributed by atoms with Crippen molar-refractivity contribution in [2.75, 3.05) is 38.0 Å². The molecule has 0 unspecified atom stereocenters. The molecule has 156 valence electrons. The molecule has 0 bridgehead atoms. The van der Waals surface area contributed by atoms with Crippen molar-refractivity contribution < 1.29 is 4.79 Å². The van der Waals surface area contributed by atoms with Crippen LogP contribution < -0.4 is 15.2 Å². The molecule has 1 heterocycles. The van der Waals surface area contributed by atoms with Crippen LogP contribution in [0.2, 0.25) is 10.2 Å². The van der Waals surface area contributed by atoms with E-state index in [1.807, 2.05) is 57.4 Å². The van der Waals surface area contributed by atoms with E-state index in [4.69, 9.17) is 23.2 Å². The zero-order valence-corrected chi connectivity index (χ0v) is 18.6. The first-order chi connectivity index (χ1) is 14.3. The number of aromatic nitrogens is 2. The minimum atomic E-state index is -0.503. The fourth-order valence-electron chi connectivity index (χ4n) is 2.73. The third-order valence-electron chi connectivity index (χ3n) is 4.29. The van der Waals surface area contributed by atoms with Gasteiger partial charge in [-0.1, -0.05) is 35.3 Å². The Balaban J connectivity index is 1.82. The highest BCUT2D eigenvalue weighted by atomic mass is 35.5. The van der Waals surface area contributed by atoms with Crippen LogP contribution in [0.25, 0.3) is 5.69 Å². The number of hydrogen-bond acceptors (Lipinski definition) is 5. The molecule has 0 radical (unpaired) electrons. The smallest absolute Gasteiger partial charge is 0.293 e. The average Bonchev–Trinajstić information content (AvgIpc) is 3.06. The molecule has 0 aliphatic heterocycles. The summed E-state index contributed by atoms with van der Waals surface area (Å²) in [4.78, 5) is 20.8. The maximum absolute atomic E-state index is 12.6. The van der Waals surface area contributed by atoms with Gasteiger partial charge in [-0.25, -0.2) is 10.4 Å². The molecule has 0 atom stereocenters. The van der Waals surface area contributed by atoms with Crippen molar-refractivity contribution in [3.8, 4) is 5.69 Å². The maximum atomic E-state index is 12.6. The molecule has 0 aliphatic rings. The van der Waals surface area contributed by atoms with Gasteiger partial charge in [-0.15, -0.1) is 0 Å². The Kier molecular flexibility index (Phi) is 6.64. The van der Waals surface area contributed by atoms with E-state index in [-0.39, 0.29) is 10.8 Å². The molecular weight excluding hydrogens is 423 g/mol. The quantitative estimate of drug-likeness (QED) is 0.459. The van der Waals surface area contributed by atoms with Gasteiger partial charge < -0.3 is 9.80 Å². The van der Waals surface area contributed by atoms with Crippen molar-refractivity contribution in [2.24, 2.45) is 5.10 Å². The van der Waals surface area contributed by atoms with Crippen molar-refractivity contribution >= 4 is 47.0 Å². The number of hydrogen-bond donors (Lipinski definition) is 1. The fourth-order valence-corrected chi connectivity index (χ4v) is 3.16. The van der Waals surface area contributed by atoms with Crippen LogP contribution in [-0.2, 0) is 0 Å². The van der Waals surface area contributed by atoms with Crippen LogP contribution in [-0.4, -0.2) is 49.9 Å². The van der Waals surface area contributed by atoms with Crippen LogP contribution in [0.1, 0.15) is 16.1 Å². The van der Waals surface area contributed by atoms with E-state index in [0.717, 1.165) is 16.9 Å². The Hall–Kier alpha value is -3.03. The summed E-state index contributed by atoms with van der Waals surface area (Å²) in [7, 11) is 7.58. The zero-order chi connectivity index (χ0) is 21.8. The van der Waals surface area contributed by atoms with Gasteiger partial charge in [0, 0.05) is 38.9 Å². The first-order valence-electron chi connectivity index (χ1n) is 9.10. The van der Waals surface area contributed by atoms with Gasteiger partial charge in [-0.05, 0) is 42.0 Å². The number of carbonyl (C=O) groups is 1. The lowest BCUT2D eigenvalue weighted by Gasteiger charge is -2.14. The molecule has 2 aromatic carbocycles. The summed E-state index contributed by atoms with van der Waals surface area (Å²) < 4.78 is 1.68. The van der Waals surface area contributed by atoms with Crippen LogP contribution in [0.15, 0.2) is 53.6 Å². The molecular formula is C21H22Cl2N6O. The van der Waals surface area contributed by atoms with Gasteiger partial charge in [0.1, 0.15) is 5.15 Å². The molecule has 9 heteroatoms. The number of rotatable bonds is 6. The lowest BCUT2D eigenvalue weighted by atomic mass is 10.2. The molecule has 0 aliphatic carbocycles. The number of nitrogens with zero attached hydrogens (tertiary/aromatic N) is 5. The Morgan fingerprint density at radius 2 is 1.63 bits per heavy atom. The summed E-state index contributed by atoms with van der Waals surface area (Å²) in [6.45, 7) is 0. The Bertz CT molecular complexity index is 1060. The van der Waals surface area contributed by atoms with Gasteiger partial charge in [-0.2, -0.15) is 5.10 Å². The van der Waals surface area contributed by atoms with E-state index in [0.29, 0.717) is 11.0 Å². The predicted octanol–water partition coefficient (Wildman–Crippen LogP) is 4.08. The topological polar surface area (TPSA) is 65.8 Å². The van der Waals surface area contributed by atoms with Gasteiger partial charge in [0.2, 0.25) is 5.95 Å². The molecule has 0 spiro atoms. The number of amides is 1. The normalized spacial score (nSPS) is 11.0. The Morgan fingerprint density at radius 1 is 1.00 bits per heavy atom. The van der Waals surface area contributed by atoms with Gasteiger partial charge >= 0.3 is 0 Å². The van der Waals surface area contributed by atoms with Crippen molar-refractivity contribution in [2.45, 2.75) is 0 Å². The number of anilines is 2. The fraction of sp³-hybridized carbons (Fsp3) is 0.190.